The minimum absolute atomic E-state index is 0.0294. The monoisotopic (exact) mass is 344 g/mol. The van der Waals surface area contributed by atoms with Gasteiger partial charge in [-0.3, -0.25) is 4.79 Å². The number of rotatable bonds is 8. The third-order valence-electron chi connectivity index (χ3n) is 3.49. The molecule has 2 aromatic carbocycles. The van der Waals surface area contributed by atoms with E-state index >= 15 is 0 Å². The van der Waals surface area contributed by atoms with Gasteiger partial charge in [0.2, 0.25) is 0 Å². The number of carbonyl (C=O) groups excluding carboxylic acids is 2. The highest BCUT2D eigenvalue weighted by Gasteiger charge is 2.10. The van der Waals surface area contributed by atoms with E-state index in [0.717, 1.165) is 0 Å². The molecular weight excluding hydrogens is 324 g/mol. The second-order valence-corrected chi connectivity index (χ2v) is 5.21. The van der Waals surface area contributed by atoms with Crippen LogP contribution in [0.2, 0.25) is 0 Å². The maximum Gasteiger partial charge on any atom is 0.344 e. The summed E-state index contributed by atoms with van der Waals surface area (Å²) in [4.78, 5) is 23.1. The number of methoxy groups -OCH3 is 2. The first-order valence-electron chi connectivity index (χ1n) is 7.64. The molecule has 0 N–H and O–H groups in total. The summed E-state index contributed by atoms with van der Waals surface area (Å²) >= 11 is 0. The average molecular weight is 344 g/mol. The number of hydrogen-bond donors (Lipinski definition) is 0. The maximum absolute atomic E-state index is 11.8. The molecular formula is C19H20O6. The Labute approximate surface area is 146 Å². The third-order valence-corrected chi connectivity index (χ3v) is 3.49. The Kier molecular flexibility index (Phi) is 6.39. The van der Waals surface area contributed by atoms with E-state index in [1.807, 2.05) is 0 Å². The first-order valence-corrected chi connectivity index (χ1v) is 7.64. The molecule has 0 saturated carbocycles. The summed E-state index contributed by atoms with van der Waals surface area (Å²) in [6, 6.07) is 11.8. The Morgan fingerprint density at radius 1 is 0.920 bits per heavy atom. The SMILES string of the molecule is COc1ccc(OC)c(COC(=O)COc2ccc(C(C)=O)cc2)c1. The summed E-state index contributed by atoms with van der Waals surface area (Å²) < 4.78 is 20.9. The summed E-state index contributed by atoms with van der Waals surface area (Å²) in [5, 5.41) is 0. The molecule has 6 heteroatoms. The highest BCUT2D eigenvalue weighted by atomic mass is 16.6. The van der Waals surface area contributed by atoms with E-state index in [0.29, 0.717) is 28.4 Å². The van der Waals surface area contributed by atoms with Gasteiger partial charge in [0.05, 0.1) is 14.2 Å². The second-order valence-electron chi connectivity index (χ2n) is 5.21. The predicted molar refractivity (Wildman–Crippen MR) is 91.3 cm³/mol. The molecule has 25 heavy (non-hydrogen) atoms. The van der Waals surface area contributed by atoms with Crippen LogP contribution in [0.3, 0.4) is 0 Å². The smallest absolute Gasteiger partial charge is 0.344 e. The second kappa shape index (κ2) is 8.73. The lowest BCUT2D eigenvalue weighted by molar-refractivity contribution is -0.147. The molecule has 2 rings (SSSR count). The number of carbonyl (C=O) groups is 2. The highest BCUT2D eigenvalue weighted by molar-refractivity contribution is 5.94. The molecule has 0 amide bonds. The summed E-state index contributed by atoms with van der Waals surface area (Å²) in [5.74, 6) is 1.20. The van der Waals surface area contributed by atoms with Crippen LogP contribution < -0.4 is 14.2 Å². The molecule has 0 saturated heterocycles. The molecule has 0 radical (unpaired) electrons. The average Bonchev–Trinajstić information content (AvgIpc) is 2.64. The Hall–Kier alpha value is -3.02. The van der Waals surface area contributed by atoms with Crippen molar-refractivity contribution in [2.24, 2.45) is 0 Å². The first-order chi connectivity index (χ1) is 12.0. The van der Waals surface area contributed by atoms with E-state index in [-0.39, 0.29) is 19.0 Å². The molecule has 0 aliphatic heterocycles. The Morgan fingerprint density at radius 3 is 2.20 bits per heavy atom. The molecule has 0 bridgehead atoms. The van der Waals surface area contributed by atoms with Gasteiger partial charge in [-0.1, -0.05) is 0 Å². The van der Waals surface area contributed by atoms with Crippen LogP contribution in [0.4, 0.5) is 0 Å². The van der Waals surface area contributed by atoms with E-state index in [2.05, 4.69) is 0 Å². The van der Waals surface area contributed by atoms with Gasteiger partial charge in [-0.25, -0.2) is 4.79 Å². The Bertz CT molecular complexity index is 736. The van der Waals surface area contributed by atoms with Gasteiger partial charge < -0.3 is 18.9 Å². The van der Waals surface area contributed by atoms with E-state index < -0.39 is 5.97 Å². The van der Waals surface area contributed by atoms with Crippen LogP contribution in [0.25, 0.3) is 0 Å². The van der Waals surface area contributed by atoms with Gasteiger partial charge in [-0.2, -0.15) is 0 Å². The van der Waals surface area contributed by atoms with Crippen molar-refractivity contribution in [3.05, 3.63) is 53.6 Å². The van der Waals surface area contributed by atoms with Gasteiger partial charge in [0.1, 0.15) is 23.9 Å². The van der Waals surface area contributed by atoms with E-state index in [1.165, 1.54) is 6.92 Å². The highest BCUT2D eigenvalue weighted by Crippen LogP contribution is 2.24. The van der Waals surface area contributed by atoms with Crippen LogP contribution in [-0.4, -0.2) is 32.6 Å². The fourth-order valence-electron chi connectivity index (χ4n) is 2.12. The molecule has 0 unspecified atom stereocenters. The number of ether oxygens (including phenoxy) is 4. The largest absolute Gasteiger partial charge is 0.497 e. The van der Waals surface area contributed by atoms with Crippen molar-refractivity contribution in [2.75, 3.05) is 20.8 Å². The molecule has 2 aromatic rings. The van der Waals surface area contributed by atoms with Crippen LogP contribution in [-0.2, 0) is 16.1 Å². The molecule has 0 aliphatic rings. The normalized spacial score (nSPS) is 10.0. The molecule has 6 nitrogen and oxygen atoms in total. The van der Waals surface area contributed by atoms with Gasteiger partial charge in [0.15, 0.2) is 12.4 Å². The number of ketones is 1. The minimum Gasteiger partial charge on any atom is -0.497 e. The van der Waals surface area contributed by atoms with Crippen molar-refractivity contribution < 1.29 is 28.5 Å². The van der Waals surface area contributed by atoms with Gasteiger partial charge in [0.25, 0.3) is 0 Å². The van der Waals surface area contributed by atoms with Crippen molar-refractivity contribution in [2.45, 2.75) is 13.5 Å². The van der Waals surface area contributed by atoms with Crippen molar-refractivity contribution in [3.63, 3.8) is 0 Å². The fraction of sp³-hybridized carbons (Fsp3) is 0.263. The number of esters is 1. The lowest BCUT2D eigenvalue weighted by atomic mass is 10.1. The van der Waals surface area contributed by atoms with Crippen LogP contribution in [0.15, 0.2) is 42.5 Å². The van der Waals surface area contributed by atoms with Crippen molar-refractivity contribution in [1.29, 1.82) is 0 Å². The van der Waals surface area contributed by atoms with E-state index in [1.54, 1.807) is 56.7 Å². The van der Waals surface area contributed by atoms with Crippen LogP contribution in [0, 0.1) is 0 Å². The van der Waals surface area contributed by atoms with Crippen molar-refractivity contribution >= 4 is 11.8 Å². The Morgan fingerprint density at radius 2 is 1.60 bits per heavy atom. The van der Waals surface area contributed by atoms with Gasteiger partial charge in [-0.05, 0) is 49.4 Å². The van der Waals surface area contributed by atoms with Crippen LogP contribution >= 0.6 is 0 Å². The zero-order chi connectivity index (χ0) is 18.2. The molecule has 132 valence electrons. The summed E-state index contributed by atoms with van der Waals surface area (Å²) in [6.45, 7) is 1.30. The van der Waals surface area contributed by atoms with E-state index in [4.69, 9.17) is 18.9 Å². The molecule has 0 fully saturated rings. The van der Waals surface area contributed by atoms with Crippen LogP contribution in [0.1, 0.15) is 22.8 Å². The molecule has 0 aliphatic carbocycles. The summed E-state index contributed by atoms with van der Waals surface area (Å²) in [5.41, 5.74) is 1.28. The lowest BCUT2D eigenvalue weighted by Gasteiger charge is -2.11. The van der Waals surface area contributed by atoms with Crippen molar-refractivity contribution in [1.82, 2.24) is 0 Å². The standard InChI is InChI=1S/C19H20O6/c1-13(20)14-4-6-16(7-5-14)24-12-19(21)25-11-15-10-17(22-2)8-9-18(15)23-3/h4-10H,11-12H2,1-3H3. The maximum atomic E-state index is 11.8. The quantitative estimate of drug-likeness (QED) is 0.541. The number of benzene rings is 2. The summed E-state index contributed by atoms with van der Waals surface area (Å²) in [6.07, 6.45) is 0. The molecule has 0 aromatic heterocycles. The lowest BCUT2D eigenvalue weighted by Crippen LogP contribution is -2.15. The first kappa shape index (κ1) is 18.3. The minimum atomic E-state index is -0.513. The number of Topliss-reactive ketones (excluding diaryl/α,β-unsaturated/α-hetero) is 1. The molecule has 0 spiro atoms. The molecule has 0 atom stereocenters. The summed E-state index contributed by atoms with van der Waals surface area (Å²) in [7, 11) is 3.10. The Balaban J connectivity index is 1.87. The topological polar surface area (TPSA) is 71.1 Å². The number of hydrogen-bond acceptors (Lipinski definition) is 6. The van der Waals surface area contributed by atoms with E-state index in [9.17, 15) is 9.59 Å². The van der Waals surface area contributed by atoms with Crippen LogP contribution in [0.5, 0.6) is 17.2 Å². The van der Waals surface area contributed by atoms with Gasteiger partial charge >= 0.3 is 5.97 Å². The predicted octanol–water partition coefficient (Wildman–Crippen LogP) is 3.03. The van der Waals surface area contributed by atoms with Crippen molar-refractivity contribution in [3.8, 4) is 17.2 Å². The third kappa shape index (κ3) is 5.24. The molecule has 0 heterocycles. The fourth-order valence-corrected chi connectivity index (χ4v) is 2.12. The van der Waals surface area contributed by atoms with Gasteiger partial charge in [0, 0.05) is 11.1 Å². The zero-order valence-electron chi connectivity index (χ0n) is 14.4. The van der Waals surface area contributed by atoms with Gasteiger partial charge in [-0.15, -0.1) is 0 Å². The zero-order valence-corrected chi connectivity index (χ0v) is 14.4.